The SMILES string of the molecule is COc1ccc2c(-c3ccccc3)cc(=O)n(C[C@@H](O)COc3ccccc3F)c2c1. The number of aliphatic hydroxyl groups excluding tert-OH is 1. The van der Waals surface area contributed by atoms with Crippen molar-refractivity contribution < 1.29 is 19.0 Å². The van der Waals surface area contributed by atoms with Crippen LogP contribution in [0.15, 0.2) is 83.7 Å². The number of hydrogen-bond acceptors (Lipinski definition) is 4. The molecule has 0 aliphatic rings. The van der Waals surface area contributed by atoms with Gasteiger partial charge in [-0.3, -0.25) is 4.79 Å². The van der Waals surface area contributed by atoms with E-state index in [1.54, 1.807) is 31.4 Å². The largest absolute Gasteiger partial charge is 0.497 e. The minimum absolute atomic E-state index is 0.00791. The van der Waals surface area contributed by atoms with E-state index < -0.39 is 11.9 Å². The molecule has 1 N–H and O–H groups in total. The van der Waals surface area contributed by atoms with E-state index in [0.717, 1.165) is 16.5 Å². The molecule has 4 aromatic rings. The van der Waals surface area contributed by atoms with Crippen LogP contribution in [-0.4, -0.2) is 29.5 Å². The summed E-state index contributed by atoms with van der Waals surface area (Å²) in [5, 5.41) is 11.4. The molecule has 0 saturated carbocycles. The molecule has 0 aliphatic carbocycles. The topological polar surface area (TPSA) is 60.7 Å². The predicted octanol–water partition coefficient (Wildman–Crippen LogP) is 4.26. The Morgan fingerprint density at radius 1 is 1.00 bits per heavy atom. The zero-order valence-electron chi connectivity index (χ0n) is 17.0. The number of nitrogens with zero attached hydrogens (tertiary/aromatic N) is 1. The Morgan fingerprint density at radius 3 is 2.48 bits per heavy atom. The highest BCUT2D eigenvalue weighted by atomic mass is 19.1. The fourth-order valence-corrected chi connectivity index (χ4v) is 3.54. The summed E-state index contributed by atoms with van der Waals surface area (Å²) in [6.45, 7) is -0.161. The molecule has 0 amide bonds. The van der Waals surface area contributed by atoms with E-state index in [1.165, 1.54) is 16.7 Å². The van der Waals surface area contributed by atoms with Crippen LogP contribution in [-0.2, 0) is 6.54 Å². The first kappa shape index (κ1) is 20.6. The van der Waals surface area contributed by atoms with E-state index >= 15 is 0 Å². The molecular weight excluding hydrogens is 397 g/mol. The molecule has 0 spiro atoms. The molecule has 1 heterocycles. The maximum absolute atomic E-state index is 13.8. The summed E-state index contributed by atoms with van der Waals surface area (Å²) >= 11 is 0. The van der Waals surface area contributed by atoms with Gasteiger partial charge in [0.1, 0.15) is 18.5 Å². The first-order valence-corrected chi connectivity index (χ1v) is 9.89. The molecule has 3 aromatic carbocycles. The third-order valence-electron chi connectivity index (χ3n) is 5.07. The van der Waals surface area contributed by atoms with Crippen molar-refractivity contribution in [2.45, 2.75) is 12.6 Å². The molecule has 0 bridgehead atoms. The van der Waals surface area contributed by atoms with Gasteiger partial charge in [0.15, 0.2) is 11.6 Å². The number of hydrogen-bond donors (Lipinski definition) is 1. The summed E-state index contributed by atoms with van der Waals surface area (Å²) < 4.78 is 26.0. The number of pyridine rings is 1. The number of rotatable bonds is 7. The normalized spacial score (nSPS) is 12.0. The number of methoxy groups -OCH3 is 1. The highest BCUT2D eigenvalue weighted by Gasteiger charge is 2.15. The van der Waals surface area contributed by atoms with Crippen LogP contribution in [0.3, 0.4) is 0 Å². The number of para-hydroxylation sites is 1. The molecule has 31 heavy (non-hydrogen) atoms. The van der Waals surface area contributed by atoms with E-state index in [1.807, 2.05) is 42.5 Å². The zero-order valence-corrected chi connectivity index (χ0v) is 17.0. The van der Waals surface area contributed by atoms with Crippen LogP contribution in [0, 0.1) is 5.82 Å². The predicted molar refractivity (Wildman–Crippen MR) is 118 cm³/mol. The first-order valence-electron chi connectivity index (χ1n) is 9.89. The number of benzene rings is 3. The number of aliphatic hydroxyl groups is 1. The van der Waals surface area contributed by atoms with E-state index in [9.17, 15) is 14.3 Å². The minimum Gasteiger partial charge on any atom is -0.497 e. The van der Waals surface area contributed by atoms with Crippen LogP contribution >= 0.6 is 0 Å². The fourth-order valence-electron chi connectivity index (χ4n) is 3.54. The fraction of sp³-hybridized carbons (Fsp3) is 0.160. The van der Waals surface area contributed by atoms with Gasteiger partial charge in [0, 0.05) is 17.5 Å². The van der Waals surface area contributed by atoms with Gasteiger partial charge in [-0.2, -0.15) is 0 Å². The second-order valence-electron chi connectivity index (χ2n) is 7.15. The van der Waals surface area contributed by atoms with Gasteiger partial charge in [-0.05, 0) is 35.4 Å². The summed E-state index contributed by atoms with van der Waals surface area (Å²) in [6.07, 6.45) is -1.02. The number of aromatic nitrogens is 1. The van der Waals surface area contributed by atoms with Crippen molar-refractivity contribution in [2.75, 3.05) is 13.7 Å². The van der Waals surface area contributed by atoms with Crippen molar-refractivity contribution in [3.63, 3.8) is 0 Å². The maximum Gasteiger partial charge on any atom is 0.251 e. The molecule has 0 saturated heterocycles. The molecule has 6 heteroatoms. The van der Waals surface area contributed by atoms with Crippen molar-refractivity contribution in [1.82, 2.24) is 4.57 Å². The van der Waals surface area contributed by atoms with Gasteiger partial charge in [-0.25, -0.2) is 4.39 Å². The van der Waals surface area contributed by atoms with Crippen LogP contribution in [0.5, 0.6) is 11.5 Å². The van der Waals surface area contributed by atoms with Crippen LogP contribution in [0.4, 0.5) is 4.39 Å². The van der Waals surface area contributed by atoms with E-state index in [-0.39, 0.29) is 24.5 Å². The Morgan fingerprint density at radius 2 is 1.74 bits per heavy atom. The van der Waals surface area contributed by atoms with E-state index in [0.29, 0.717) is 11.3 Å². The second-order valence-corrected chi connectivity index (χ2v) is 7.15. The Balaban J connectivity index is 1.69. The monoisotopic (exact) mass is 419 g/mol. The molecule has 0 fully saturated rings. The number of ether oxygens (including phenoxy) is 2. The molecule has 1 aromatic heterocycles. The highest BCUT2D eigenvalue weighted by Crippen LogP contribution is 2.29. The van der Waals surface area contributed by atoms with E-state index in [4.69, 9.17) is 9.47 Å². The zero-order chi connectivity index (χ0) is 21.8. The molecule has 5 nitrogen and oxygen atoms in total. The molecule has 0 radical (unpaired) electrons. The van der Waals surface area contributed by atoms with Crippen molar-refractivity contribution >= 4 is 10.9 Å². The van der Waals surface area contributed by atoms with Crippen LogP contribution in [0.1, 0.15) is 0 Å². The maximum atomic E-state index is 13.8. The summed E-state index contributed by atoms with van der Waals surface area (Å²) in [6, 6.07) is 22.7. The Labute approximate surface area is 178 Å². The average Bonchev–Trinajstić information content (AvgIpc) is 2.80. The third kappa shape index (κ3) is 4.44. The lowest BCUT2D eigenvalue weighted by molar-refractivity contribution is 0.0907. The summed E-state index contributed by atoms with van der Waals surface area (Å²) in [5.41, 5.74) is 2.10. The average molecular weight is 419 g/mol. The van der Waals surface area contributed by atoms with Gasteiger partial charge in [0.25, 0.3) is 5.56 Å². The lowest BCUT2D eigenvalue weighted by Gasteiger charge is -2.18. The Hall–Kier alpha value is -3.64. The summed E-state index contributed by atoms with van der Waals surface area (Å²) in [4.78, 5) is 13.0. The third-order valence-corrected chi connectivity index (χ3v) is 5.07. The van der Waals surface area contributed by atoms with Crippen LogP contribution in [0.25, 0.3) is 22.0 Å². The Kier molecular flexibility index (Phi) is 6.00. The molecule has 0 unspecified atom stereocenters. The van der Waals surface area contributed by atoms with Gasteiger partial charge < -0.3 is 19.1 Å². The van der Waals surface area contributed by atoms with Gasteiger partial charge in [-0.1, -0.05) is 42.5 Å². The summed E-state index contributed by atoms with van der Waals surface area (Å²) in [5.74, 6) is 0.150. The number of halogens is 1. The quantitative estimate of drug-likeness (QED) is 0.486. The lowest BCUT2D eigenvalue weighted by Crippen LogP contribution is -2.30. The first-order chi connectivity index (χ1) is 15.1. The molecule has 4 rings (SSSR count). The standard InChI is InChI=1S/C25H22FNO4/c1-30-19-11-12-20-21(17-7-3-2-4-8-17)14-25(29)27(23(20)13-19)15-18(28)16-31-24-10-6-5-9-22(24)26/h2-14,18,28H,15-16H2,1H3/t18-/m1/s1. The Bertz CT molecular complexity index is 1250. The smallest absolute Gasteiger partial charge is 0.251 e. The molecule has 158 valence electrons. The van der Waals surface area contributed by atoms with Gasteiger partial charge in [-0.15, -0.1) is 0 Å². The van der Waals surface area contributed by atoms with E-state index in [2.05, 4.69) is 0 Å². The van der Waals surface area contributed by atoms with Crippen LogP contribution < -0.4 is 15.0 Å². The van der Waals surface area contributed by atoms with Crippen molar-refractivity contribution in [3.8, 4) is 22.6 Å². The van der Waals surface area contributed by atoms with Crippen molar-refractivity contribution in [1.29, 1.82) is 0 Å². The molecule has 0 aliphatic heterocycles. The lowest BCUT2D eigenvalue weighted by atomic mass is 10.0. The van der Waals surface area contributed by atoms with Gasteiger partial charge >= 0.3 is 0 Å². The molecule has 1 atom stereocenters. The van der Waals surface area contributed by atoms with Crippen molar-refractivity contribution in [2.24, 2.45) is 0 Å². The number of fused-ring (bicyclic) bond motifs is 1. The summed E-state index contributed by atoms with van der Waals surface area (Å²) in [7, 11) is 1.56. The highest BCUT2D eigenvalue weighted by molar-refractivity contribution is 5.95. The van der Waals surface area contributed by atoms with Gasteiger partial charge in [0.05, 0.1) is 19.2 Å². The van der Waals surface area contributed by atoms with Gasteiger partial charge in [0.2, 0.25) is 0 Å². The van der Waals surface area contributed by atoms with Crippen molar-refractivity contribution in [3.05, 3.63) is 95.0 Å². The van der Waals surface area contributed by atoms with Crippen LogP contribution in [0.2, 0.25) is 0 Å². The minimum atomic E-state index is -1.02. The second kappa shape index (κ2) is 9.02. The molecular formula is C25H22FNO4.